The van der Waals surface area contributed by atoms with E-state index in [1.807, 2.05) is 36.4 Å². The maximum atomic E-state index is 10.3. The molecule has 2 heterocycles. The lowest BCUT2D eigenvalue weighted by atomic mass is 10.0. The highest BCUT2D eigenvalue weighted by Gasteiger charge is 2.16. The Bertz CT molecular complexity index is 564. The van der Waals surface area contributed by atoms with Crippen LogP contribution in [0.3, 0.4) is 0 Å². The van der Waals surface area contributed by atoms with Crippen LogP contribution in [0.15, 0.2) is 36.4 Å². The molecule has 1 aliphatic rings. The zero-order chi connectivity index (χ0) is 13.8. The fraction of sp³-hybridized carbons (Fsp3) is 0.471. The quantitative estimate of drug-likeness (QED) is 0.903. The number of para-hydroxylation sites is 1. The number of aromatic nitrogens is 1. The van der Waals surface area contributed by atoms with Gasteiger partial charge in [-0.05, 0) is 44.2 Å². The monoisotopic (exact) mass is 271 g/mol. The molecule has 3 nitrogen and oxygen atoms in total. The van der Waals surface area contributed by atoms with Crippen LogP contribution in [-0.4, -0.2) is 22.8 Å². The van der Waals surface area contributed by atoms with Crippen molar-refractivity contribution in [2.75, 3.05) is 6.61 Å². The van der Waals surface area contributed by atoms with Gasteiger partial charge in [0.15, 0.2) is 0 Å². The van der Waals surface area contributed by atoms with Gasteiger partial charge in [0.05, 0.1) is 23.4 Å². The number of aliphatic hydroxyl groups excluding tert-OH is 1. The first kappa shape index (κ1) is 13.5. The SMILES string of the molecule is OC(CCCC1CCCO1)c1ccc2ccccc2n1. The van der Waals surface area contributed by atoms with Gasteiger partial charge in [0.2, 0.25) is 0 Å². The molecule has 0 radical (unpaired) electrons. The summed E-state index contributed by atoms with van der Waals surface area (Å²) in [5.41, 5.74) is 1.72. The number of hydrogen-bond acceptors (Lipinski definition) is 3. The van der Waals surface area contributed by atoms with Gasteiger partial charge in [0.1, 0.15) is 0 Å². The molecule has 1 saturated heterocycles. The van der Waals surface area contributed by atoms with E-state index < -0.39 is 6.10 Å². The van der Waals surface area contributed by atoms with Gasteiger partial charge in [0, 0.05) is 12.0 Å². The average molecular weight is 271 g/mol. The summed E-state index contributed by atoms with van der Waals surface area (Å²) in [5.74, 6) is 0. The van der Waals surface area contributed by atoms with Crippen LogP contribution in [0.5, 0.6) is 0 Å². The van der Waals surface area contributed by atoms with Crippen LogP contribution < -0.4 is 0 Å². The van der Waals surface area contributed by atoms with Crippen LogP contribution in [0.1, 0.15) is 43.9 Å². The highest BCUT2D eigenvalue weighted by atomic mass is 16.5. The first-order valence-electron chi connectivity index (χ1n) is 7.48. The third-order valence-corrected chi connectivity index (χ3v) is 3.99. The van der Waals surface area contributed by atoms with Gasteiger partial charge in [0.25, 0.3) is 0 Å². The molecule has 2 unspecified atom stereocenters. The molecule has 0 bridgehead atoms. The minimum absolute atomic E-state index is 0.409. The van der Waals surface area contributed by atoms with Crippen LogP contribution >= 0.6 is 0 Å². The van der Waals surface area contributed by atoms with Crippen molar-refractivity contribution >= 4 is 10.9 Å². The molecule has 0 spiro atoms. The van der Waals surface area contributed by atoms with Crippen LogP contribution in [0.2, 0.25) is 0 Å². The lowest BCUT2D eigenvalue weighted by molar-refractivity contribution is 0.0940. The topological polar surface area (TPSA) is 42.4 Å². The average Bonchev–Trinajstić information content (AvgIpc) is 3.00. The van der Waals surface area contributed by atoms with E-state index in [4.69, 9.17) is 4.74 Å². The normalized spacial score (nSPS) is 20.4. The molecule has 1 aromatic carbocycles. The highest BCUT2D eigenvalue weighted by Crippen LogP contribution is 2.23. The summed E-state index contributed by atoms with van der Waals surface area (Å²) < 4.78 is 5.60. The Morgan fingerprint density at radius 1 is 1.25 bits per heavy atom. The summed E-state index contributed by atoms with van der Waals surface area (Å²) >= 11 is 0. The maximum absolute atomic E-state index is 10.3. The predicted molar refractivity (Wildman–Crippen MR) is 79.5 cm³/mol. The molecule has 1 aliphatic heterocycles. The van der Waals surface area contributed by atoms with E-state index in [1.165, 1.54) is 12.8 Å². The molecule has 1 N–H and O–H groups in total. The number of nitrogens with zero attached hydrogens (tertiary/aromatic N) is 1. The number of ether oxygens (including phenoxy) is 1. The molecular weight excluding hydrogens is 250 g/mol. The minimum atomic E-state index is -0.471. The molecule has 106 valence electrons. The van der Waals surface area contributed by atoms with Crippen LogP contribution in [0, 0.1) is 0 Å². The molecule has 20 heavy (non-hydrogen) atoms. The summed E-state index contributed by atoms with van der Waals surface area (Å²) in [6.45, 7) is 0.902. The third kappa shape index (κ3) is 3.17. The second-order valence-electron chi connectivity index (χ2n) is 5.51. The Morgan fingerprint density at radius 3 is 3.00 bits per heavy atom. The van der Waals surface area contributed by atoms with Crippen LogP contribution in [0.4, 0.5) is 0 Å². The number of rotatable bonds is 5. The fourth-order valence-corrected chi connectivity index (χ4v) is 2.83. The van der Waals surface area contributed by atoms with Gasteiger partial charge in [-0.1, -0.05) is 24.3 Å². The van der Waals surface area contributed by atoms with E-state index in [0.717, 1.165) is 42.5 Å². The fourth-order valence-electron chi connectivity index (χ4n) is 2.83. The van der Waals surface area contributed by atoms with Crippen LogP contribution in [-0.2, 0) is 4.74 Å². The van der Waals surface area contributed by atoms with E-state index in [2.05, 4.69) is 4.98 Å². The van der Waals surface area contributed by atoms with Crippen molar-refractivity contribution < 1.29 is 9.84 Å². The molecule has 1 fully saturated rings. The Morgan fingerprint density at radius 2 is 2.15 bits per heavy atom. The van der Waals surface area contributed by atoms with Crippen molar-refractivity contribution in [1.82, 2.24) is 4.98 Å². The smallest absolute Gasteiger partial charge is 0.0960 e. The minimum Gasteiger partial charge on any atom is -0.387 e. The van der Waals surface area contributed by atoms with Gasteiger partial charge >= 0.3 is 0 Å². The molecule has 3 heteroatoms. The van der Waals surface area contributed by atoms with E-state index in [-0.39, 0.29) is 0 Å². The van der Waals surface area contributed by atoms with Crippen LogP contribution in [0.25, 0.3) is 10.9 Å². The van der Waals surface area contributed by atoms with Gasteiger partial charge in [-0.25, -0.2) is 0 Å². The van der Waals surface area contributed by atoms with Crippen molar-refractivity contribution in [3.63, 3.8) is 0 Å². The lowest BCUT2D eigenvalue weighted by Crippen LogP contribution is -2.06. The Kier molecular flexibility index (Phi) is 4.28. The number of pyridine rings is 1. The number of hydrogen-bond donors (Lipinski definition) is 1. The predicted octanol–water partition coefficient (Wildman–Crippen LogP) is 3.62. The standard InChI is InChI=1S/C17H21NO2/c19-17(9-3-6-14-7-4-12-20-14)16-11-10-13-5-1-2-8-15(13)18-16/h1-2,5,8,10-11,14,17,19H,3-4,6-7,9,12H2. The molecule has 1 aromatic heterocycles. The van der Waals surface area contributed by atoms with Crippen molar-refractivity contribution in [2.45, 2.75) is 44.3 Å². The van der Waals surface area contributed by atoms with Gasteiger partial charge in [-0.15, -0.1) is 0 Å². The summed E-state index contributed by atoms with van der Waals surface area (Å²) in [7, 11) is 0. The summed E-state index contributed by atoms with van der Waals surface area (Å²) in [6.07, 6.45) is 5.08. The lowest BCUT2D eigenvalue weighted by Gasteiger charge is -2.13. The molecule has 2 aromatic rings. The number of aliphatic hydroxyl groups is 1. The number of benzene rings is 1. The van der Waals surface area contributed by atoms with Crippen molar-refractivity contribution in [1.29, 1.82) is 0 Å². The number of fused-ring (bicyclic) bond motifs is 1. The van der Waals surface area contributed by atoms with Gasteiger partial charge < -0.3 is 9.84 Å². The van der Waals surface area contributed by atoms with E-state index in [1.54, 1.807) is 0 Å². The summed E-state index contributed by atoms with van der Waals surface area (Å²) in [5, 5.41) is 11.4. The first-order valence-corrected chi connectivity index (χ1v) is 7.48. The van der Waals surface area contributed by atoms with E-state index >= 15 is 0 Å². The summed E-state index contributed by atoms with van der Waals surface area (Å²) in [4.78, 5) is 4.54. The van der Waals surface area contributed by atoms with Gasteiger partial charge in [-0.2, -0.15) is 0 Å². The Balaban J connectivity index is 1.58. The molecule has 0 aliphatic carbocycles. The molecule has 2 atom stereocenters. The second-order valence-corrected chi connectivity index (χ2v) is 5.51. The zero-order valence-corrected chi connectivity index (χ0v) is 11.7. The Hall–Kier alpha value is -1.45. The summed E-state index contributed by atoms with van der Waals surface area (Å²) in [6, 6.07) is 12.0. The van der Waals surface area contributed by atoms with E-state index in [9.17, 15) is 5.11 Å². The molecular formula is C17H21NO2. The third-order valence-electron chi connectivity index (χ3n) is 3.99. The molecule has 3 rings (SSSR count). The van der Waals surface area contributed by atoms with E-state index in [0.29, 0.717) is 6.10 Å². The van der Waals surface area contributed by atoms with Gasteiger partial charge in [-0.3, -0.25) is 4.98 Å². The molecule has 0 saturated carbocycles. The Labute approximate surface area is 119 Å². The first-order chi connectivity index (χ1) is 9.83. The van der Waals surface area contributed by atoms with Crippen molar-refractivity contribution in [3.05, 3.63) is 42.1 Å². The van der Waals surface area contributed by atoms with Crippen molar-refractivity contribution in [3.8, 4) is 0 Å². The highest BCUT2D eigenvalue weighted by molar-refractivity contribution is 5.78. The molecule has 0 amide bonds. The second kappa shape index (κ2) is 6.33. The maximum Gasteiger partial charge on any atom is 0.0960 e. The van der Waals surface area contributed by atoms with Crippen molar-refractivity contribution in [2.24, 2.45) is 0 Å². The zero-order valence-electron chi connectivity index (χ0n) is 11.7. The largest absolute Gasteiger partial charge is 0.387 e.